The fraction of sp³-hybridized carbons (Fsp3) is 0.238. The van der Waals surface area contributed by atoms with Crippen molar-refractivity contribution in [2.24, 2.45) is 0 Å². The van der Waals surface area contributed by atoms with Crippen LogP contribution in [0.5, 0.6) is 0 Å². The molecule has 0 radical (unpaired) electrons. The number of imidazole rings is 1. The van der Waals surface area contributed by atoms with Crippen LogP contribution in [0.25, 0.3) is 11.3 Å². The summed E-state index contributed by atoms with van der Waals surface area (Å²) >= 11 is 12.2. The van der Waals surface area contributed by atoms with Gasteiger partial charge in [0.1, 0.15) is 6.20 Å². The predicted octanol–water partition coefficient (Wildman–Crippen LogP) is 4.64. The molecule has 1 N–H and O–H groups in total. The third kappa shape index (κ3) is 3.60. The summed E-state index contributed by atoms with van der Waals surface area (Å²) < 4.78 is 4.34. The van der Waals surface area contributed by atoms with Crippen molar-refractivity contribution in [1.29, 1.82) is 0 Å². The molecule has 0 bridgehead atoms. The molecule has 4 nitrogen and oxygen atoms in total. The summed E-state index contributed by atoms with van der Waals surface area (Å²) in [5.41, 5.74) is 3.85. The molecule has 3 aromatic rings. The Labute approximate surface area is 168 Å². The number of amides is 1. The number of rotatable bonds is 4. The Morgan fingerprint density at radius 3 is 2.74 bits per heavy atom. The standard InChI is InChI=1S/C21H19Cl2N3O/c1-14-17(23)4-2-5-18(14)24-20(27)13-25-12-19(26-11-3-6-21(25)26)15-7-9-16(22)10-8-15/h2,4-5,7-10,12H,3,6,11,13H2,1H3/p+1. The number of nitrogens with one attached hydrogen (secondary N) is 1. The summed E-state index contributed by atoms with van der Waals surface area (Å²) in [6.07, 6.45) is 4.12. The van der Waals surface area contributed by atoms with Crippen LogP contribution in [0.4, 0.5) is 5.69 Å². The molecule has 0 saturated carbocycles. The minimum Gasteiger partial charge on any atom is -0.322 e. The van der Waals surface area contributed by atoms with Crippen LogP contribution >= 0.6 is 23.2 Å². The lowest BCUT2D eigenvalue weighted by Crippen LogP contribution is -2.42. The molecule has 1 aliphatic heterocycles. The number of hydrogen-bond acceptors (Lipinski definition) is 1. The number of hydrogen-bond donors (Lipinski definition) is 1. The highest BCUT2D eigenvalue weighted by Crippen LogP contribution is 2.26. The van der Waals surface area contributed by atoms with Crippen molar-refractivity contribution in [3.8, 4) is 11.3 Å². The maximum Gasteiger partial charge on any atom is 0.266 e. The zero-order chi connectivity index (χ0) is 19.0. The first-order chi connectivity index (χ1) is 13.0. The molecule has 4 rings (SSSR count). The van der Waals surface area contributed by atoms with E-state index >= 15 is 0 Å². The minimum absolute atomic E-state index is 0.0617. The number of benzene rings is 2. The van der Waals surface area contributed by atoms with Crippen molar-refractivity contribution in [2.45, 2.75) is 32.9 Å². The van der Waals surface area contributed by atoms with Gasteiger partial charge in [-0.3, -0.25) is 4.79 Å². The first-order valence-corrected chi connectivity index (χ1v) is 9.71. The second-order valence-corrected chi connectivity index (χ2v) is 7.62. The molecule has 27 heavy (non-hydrogen) atoms. The Kier molecular flexibility index (Phi) is 4.94. The largest absolute Gasteiger partial charge is 0.322 e. The smallest absolute Gasteiger partial charge is 0.266 e. The molecule has 2 aromatic carbocycles. The van der Waals surface area contributed by atoms with Crippen molar-refractivity contribution in [3.05, 3.63) is 70.1 Å². The molecule has 1 aliphatic rings. The highest BCUT2D eigenvalue weighted by atomic mass is 35.5. The Hall–Kier alpha value is -2.30. The van der Waals surface area contributed by atoms with Gasteiger partial charge >= 0.3 is 0 Å². The van der Waals surface area contributed by atoms with Crippen molar-refractivity contribution in [3.63, 3.8) is 0 Å². The molecule has 0 saturated heterocycles. The minimum atomic E-state index is -0.0617. The van der Waals surface area contributed by atoms with E-state index in [0.717, 1.165) is 46.9 Å². The molecule has 0 atom stereocenters. The van der Waals surface area contributed by atoms with Crippen LogP contribution in [-0.4, -0.2) is 10.5 Å². The number of halogens is 2. The lowest BCUT2D eigenvalue weighted by molar-refractivity contribution is -0.690. The van der Waals surface area contributed by atoms with Gasteiger partial charge in [-0.25, -0.2) is 9.13 Å². The molecular formula is C21H20Cl2N3O+. The van der Waals surface area contributed by atoms with Crippen molar-refractivity contribution in [1.82, 2.24) is 4.57 Å². The van der Waals surface area contributed by atoms with Crippen molar-refractivity contribution in [2.75, 3.05) is 5.32 Å². The van der Waals surface area contributed by atoms with Crippen LogP contribution in [0.1, 0.15) is 17.8 Å². The Morgan fingerprint density at radius 2 is 1.96 bits per heavy atom. The molecule has 1 aromatic heterocycles. The molecule has 0 unspecified atom stereocenters. The fourth-order valence-electron chi connectivity index (χ4n) is 3.58. The predicted molar refractivity (Wildman–Crippen MR) is 108 cm³/mol. The molecule has 2 heterocycles. The van der Waals surface area contributed by atoms with E-state index in [0.29, 0.717) is 5.02 Å². The van der Waals surface area contributed by atoms with Gasteiger partial charge < -0.3 is 5.32 Å². The monoisotopic (exact) mass is 400 g/mol. The van der Waals surface area contributed by atoms with E-state index in [2.05, 4.69) is 16.1 Å². The Balaban J connectivity index is 1.59. The second-order valence-electron chi connectivity index (χ2n) is 6.78. The number of aromatic nitrogens is 2. The maximum atomic E-state index is 12.6. The van der Waals surface area contributed by atoms with Crippen LogP contribution in [0.2, 0.25) is 10.0 Å². The Bertz CT molecular complexity index is 1010. The molecule has 6 heteroatoms. The van der Waals surface area contributed by atoms with Crippen LogP contribution in [0, 0.1) is 6.92 Å². The summed E-state index contributed by atoms with van der Waals surface area (Å²) in [6, 6.07) is 13.3. The highest BCUT2D eigenvalue weighted by Gasteiger charge is 2.29. The topological polar surface area (TPSA) is 37.9 Å². The van der Waals surface area contributed by atoms with Crippen molar-refractivity contribution >= 4 is 34.8 Å². The van der Waals surface area contributed by atoms with E-state index in [1.165, 1.54) is 5.82 Å². The first kappa shape index (κ1) is 18.1. The van der Waals surface area contributed by atoms with Gasteiger partial charge in [-0.2, -0.15) is 0 Å². The average Bonchev–Trinajstić information content (AvgIpc) is 3.24. The third-order valence-electron chi connectivity index (χ3n) is 4.99. The van der Waals surface area contributed by atoms with Crippen LogP contribution < -0.4 is 9.88 Å². The SMILES string of the molecule is Cc1c(Cl)cccc1NC(=O)C[n+]1cc(-c2ccc(Cl)cc2)n2c1CCC2. The average molecular weight is 401 g/mol. The summed E-state index contributed by atoms with van der Waals surface area (Å²) in [5, 5.41) is 4.34. The molecule has 1 amide bonds. The van der Waals surface area contributed by atoms with E-state index in [4.69, 9.17) is 23.2 Å². The normalized spacial score (nSPS) is 12.9. The van der Waals surface area contributed by atoms with Gasteiger partial charge in [0.05, 0.1) is 13.0 Å². The molecular weight excluding hydrogens is 381 g/mol. The zero-order valence-corrected chi connectivity index (χ0v) is 16.5. The number of nitrogens with zero attached hydrogens (tertiary/aromatic N) is 2. The van der Waals surface area contributed by atoms with E-state index < -0.39 is 0 Å². The van der Waals surface area contributed by atoms with E-state index in [9.17, 15) is 4.79 Å². The fourth-order valence-corrected chi connectivity index (χ4v) is 3.89. The van der Waals surface area contributed by atoms with E-state index in [1.54, 1.807) is 0 Å². The zero-order valence-electron chi connectivity index (χ0n) is 15.0. The third-order valence-corrected chi connectivity index (χ3v) is 5.65. The maximum absolute atomic E-state index is 12.6. The lowest BCUT2D eigenvalue weighted by Gasteiger charge is -2.08. The molecule has 0 aliphatic carbocycles. The van der Waals surface area contributed by atoms with Crippen LogP contribution in [0.3, 0.4) is 0 Å². The lowest BCUT2D eigenvalue weighted by atomic mass is 10.1. The quantitative estimate of drug-likeness (QED) is 0.636. The number of fused-ring (bicyclic) bond motifs is 1. The first-order valence-electron chi connectivity index (χ1n) is 8.95. The van der Waals surface area contributed by atoms with Gasteiger partial charge in [0.15, 0.2) is 12.2 Å². The van der Waals surface area contributed by atoms with Gasteiger partial charge in [-0.15, -0.1) is 0 Å². The van der Waals surface area contributed by atoms with Crippen LogP contribution in [0.15, 0.2) is 48.7 Å². The summed E-state index contributed by atoms with van der Waals surface area (Å²) in [7, 11) is 0. The van der Waals surface area contributed by atoms with Crippen molar-refractivity contribution < 1.29 is 9.36 Å². The van der Waals surface area contributed by atoms with Crippen LogP contribution in [-0.2, 0) is 24.3 Å². The molecule has 138 valence electrons. The van der Waals surface area contributed by atoms with Gasteiger partial charge in [-0.1, -0.05) is 29.3 Å². The van der Waals surface area contributed by atoms with Gasteiger partial charge in [0.25, 0.3) is 11.7 Å². The second kappa shape index (κ2) is 7.37. The number of anilines is 1. The molecule has 0 spiro atoms. The number of carbonyl (C=O) groups is 1. The summed E-state index contributed by atoms with van der Waals surface area (Å²) in [5.74, 6) is 1.12. The van der Waals surface area contributed by atoms with Gasteiger partial charge in [-0.05, 0) is 55.3 Å². The summed E-state index contributed by atoms with van der Waals surface area (Å²) in [6.45, 7) is 3.14. The van der Waals surface area contributed by atoms with Gasteiger partial charge in [0, 0.05) is 21.3 Å². The number of carbonyl (C=O) groups excluding carboxylic acids is 1. The highest BCUT2D eigenvalue weighted by molar-refractivity contribution is 6.31. The van der Waals surface area contributed by atoms with Gasteiger partial charge in [0.2, 0.25) is 0 Å². The Morgan fingerprint density at radius 1 is 1.19 bits per heavy atom. The van der Waals surface area contributed by atoms with E-state index in [-0.39, 0.29) is 12.5 Å². The summed E-state index contributed by atoms with van der Waals surface area (Å²) in [4.78, 5) is 12.6. The molecule has 0 fully saturated rings. The van der Waals surface area contributed by atoms with E-state index in [1.807, 2.05) is 54.0 Å².